The number of carbonyl (C=O) groups excluding carboxylic acids is 4. The van der Waals surface area contributed by atoms with Crippen molar-refractivity contribution in [2.75, 3.05) is 24.6 Å². The molecule has 2 aromatic rings. The Morgan fingerprint density at radius 1 is 1.32 bits per heavy atom. The van der Waals surface area contributed by atoms with Crippen molar-refractivity contribution in [2.24, 2.45) is 5.41 Å². The first kappa shape index (κ1) is 22.1. The molecule has 2 fully saturated rings. The first-order chi connectivity index (χ1) is 16.1. The number of hydrogen-bond donors (Lipinski definition) is 3. The number of halogens is 3. The van der Waals surface area contributed by atoms with Gasteiger partial charge in [0.05, 0.1) is 36.4 Å². The van der Waals surface area contributed by atoms with E-state index in [0.29, 0.717) is 0 Å². The van der Waals surface area contributed by atoms with Gasteiger partial charge in [-0.25, -0.2) is 18.0 Å². The van der Waals surface area contributed by atoms with Crippen molar-refractivity contribution in [1.82, 2.24) is 21.1 Å². The number of benzene rings is 1. The number of morpholine rings is 1. The fourth-order valence-corrected chi connectivity index (χ4v) is 4.85. The van der Waals surface area contributed by atoms with Crippen LogP contribution < -0.4 is 20.9 Å². The standard InChI is InChI=1S/C20H18F3N5O6/c1-7-5-28-10(6-33-7)20(17(30)25-19(32)26-18(20)31)3-8-2-9-13(16(29)24-4-11(21)22)27-34-15(9)12(23)14(8)28/h2,7,10-11H,3-6H2,1H3,(H,24,29)(H2,25,26,30,31,32)/t7-,10-/m1/s1. The Morgan fingerprint density at radius 3 is 2.71 bits per heavy atom. The molecule has 3 aliphatic rings. The van der Waals surface area contributed by atoms with E-state index in [2.05, 4.69) is 15.8 Å². The van der Waals surface area contributed by atoms with Crippen LogP contribution in [0.25, 0.3) is 11.0 Å². The summed E-state index contributed by atoms with van der Waals surface area (Å²) in [6, 6.07) is -0.564. The summed E-state index contributed by atoms with van der Waals surface area (Å²) in [5, 5.41) is 9.61. The van der Waals surface area contributed by atoms with Crippen LogP contribution in [0.1, 0.15) is 23.0 Å². The molecular formula is C20H18F3N5O6. The van der Waals surface area contributed by atoms with Gasteiger partial charge < -0.3 is 19.5 Å². The molecule has 180 valence electrons. The SMILES string of the molecule is C[C@@H]1CN2c3c(cc4c(C(=O)NCC(F)F)noc4c3F)CC3(C(=O)NC(=O)NC3=O)[C@H]2CO1. The quantitative estimate of drug-likeness (QED) is 0.537. The van der Waals surface area contributed by atoms with E-state index in [9.17, 15) is 28.0 Å². The number of alkyl halides is 2. The molecular weight excluding hydrogens is 463 g/mol. The molecule has 0 bridgehead atoms. The molecule has 1 spiro atoms. The van der Waals surface area contributed by atoms with Crippen molar-refractivity contribution in [3.05, 3.63) is 23.1 Å². The van der Waals surface area contributed by atoms with E-state index < -0.39 is 59.7 Å². The van der Waals surface area contributed by atoms with E-state index in [4.69, 9.17) is 9.26 Å². The number of ether oxygens (including phenoxy) is 1. The molecule has 5 rings (SSSR count). The zero-order chi connectivity index (χ0) is 24.4. The van der Waals surface area contributed by atoms with Gasteiger partial charge in [-0.1, -0.05) is 5.16 Å². The summed E-state index contributed by atoms with van der Waals surface area (Å²) in [5.74, 6) is -3.60. The summed E-state index contributed by atoms with van der Waals surface area (Å²) in [4.78, 5) is 51.6. The molecule has 34 heavy (non-hydrogen) atoms. The Bertz CT molecular complexity index is 1230. The number of fused-ring (bicyclic) bond motifs is 5. The van der Waals surface area contributed by atoms with E-state index in [1.807, 2.05) is 5.32 Å². The molecule has 2 atom stereocenters. The Hall–Kier alpha value is -3.68. The van der Waals surface area contributed by atoms with Crippen molar-refractivity contribution in [2.45, 2.75) is 31.9 Å². The van der Waals surface area contributed by atoms with Gasteiger partial charge >= 0.3 is 6.03 Å². The predicted octanol–water partition coefficient (Wildman–Crippen LogP) is 0.464. The second-order valence-electron chi connectivity index (χ2n) is 8.40. The third kappa shape index (κ3) is 3.12. The average Bonchev–Trinajstić information content (AvgIpc) is 3.19. The lowest BCUT2D eigenvalue weighted by Gasteiger charge is -2.52. The van der Waals surface area contributed by atoms with Crippen LogP contribution in [-0.2, 0) is 20.7 Å². The second-order valence-corrected chi connectivity index (χ2v) is 8.40. The molecule has 3 aliphatic heterocycles. The Morgan fingerprint density at radius 2 is 2.03 bits per heavy atom. The van der Waals surface area contributed by atoms with Crippen LogP contribution in [0.3, 0.4) is 0 Å². The molecule has 0 saturated carbocycles. The largest absolute Gasteiger partial charge is 0.374 e. The normalized spacial score (nSPS) is 23.6. The summed E-state index contributed by atoms with van der Waals surface area (Å²) < 4.78 is 51.4. The minimum absolute atomic E-state index is 0.0477. The maximum atomic E-state index is 15.7. The number of nitrogens with zero attached hydrogens (tertiary/aromatic N) is 2. The van der Waals surface area contributed by atoms with Crippen LogP contribution >= 0.6 is 0 Å². The highest BCUT2D eigenvalue weighted by Crippen LogP contribution is 2.47. The predicted molar refractivity (Wildman–Crippen MR) is 107 cm³/mol. The fraction of sp³-hybridized carbons (Fsp3) is 0.450. The first-order valence-electron chi connectivity index (χ1n) is 10.4. The molecule has 3 N–H and O–H groups in total. The topological polar surface area (TPSA) is 143 Å². The van der Waals surface area contributed by atoms with Crippen LogP contribution in [0.2, 0.25) is 0 Å². The highest BCUT2D eigenvalue weighted by molar-refractivity contribution is 6.20. The number of barbiturate groups is 1. The Labute approximate surface area is 188 Å². The van der Waals surface area contributed by atoms with Gasteiger partial charge in [0.15, 0.2) is 16.9 Å². The number of anilines is 1. The smallest absolute Gasteiger partial charge is 0.328 e. The molecule has 5 amide bonds. The van der Waals surface area contributed by atoms with Crippen molar-refractivity contribution >= 4 is 40.4 Å². The zero-order valence-electron chi connectivity index (χ0n) is 17.6. The third-order valence-electron chi connectivity index (χ3n) is 6.35. The highest BCUT2D eigenvalue weighted by Gasteiger charge is 2.61. The van der Waals surface area contributed by atoms with Gasteiger partial charge in [-0.2, -0.15) is 0 Å². The van der Waals surface area contributed by atoms with Crippen LogP contribution in [0.5, 0.6) is 0 Å². The van der Waals surface area contributed by atoms with Crippen LogP contribution in [0.15, 0.2) is 10.6 Å². The Kier molecular flexibility index (Phi) is 5.00. The van der Waals surface area contributed by atoms with Crippen molar-refractivity contribution in [1.29, 1.82) is 0 Å². The number of aromatic nitrogens is 1. The highest BCUT2D eigenvalue weighted by atomic mass is 19.3. The molecule has 11 nitrogen and oxygen atoms in total. The molecule has 0 radical (unpaired) electrons. The third-order valence-corrected chi connectivity index (χ3v) is 6.35. The fourth-order valence-electron chi connectivity index (χ4n) is 4.85. The number of nitrogens with one attached hydrogen (secondary N) is 3. The van der Waals surface area contributed by atoms with E-state index in [1.54, 1.807) is 6.92 Å². The van der Waals surface area contributed by atoms with Gasteiger partial charge in [-0.15, -0.1) is 0 Å². The minimum atomic E-state index is -2.81. The average molecular weight is 481 g/mol. The second kappa shape index (κ2) is 7.68. The number of rotatable bonds is 3. The first-order valence-corrected chi connectivity index (χ1v) is 10.4. The van der Waals surface area contributed by atoms with Crippen LogP contribution in [-0.4, -0.2) is 67.2 Å². The molecule has 4 heterocycles. The minimum Gasteiger partial charge on any atom is -0.374 e. The lowest BCUT2D eigenvalue weighted by atomic mass is 9.68. The summed E-state index contributed by atoms with van der Waals surface area (Å²) in [5.41, 5.74) is -2.39. The number of urea groups is 1. The summed E-state index contributed by atoms with van der Waals surface area (Å²) >= 11 is 0. The lowest BCUT2D eigenvalue weighted by Crippen LogP contribution is -2.73. The molecule has 0 unspecified atom stereocenters. The number of carbonyl (C=O) groups is 4. The van der Waals surface area contributed by atoms with Gasteiger partial charge in [-0.05, 0) is 18.6 Å². The summed E-state index contributed by atoms with van der Waals surface area (Å²) in [6.45, 7) is 0.820. The summed E-state index contributed by atoms with van der Waals surface area (Å²) in [7, 11) is 0. The monoisotopic (exact) mass is 481 g/mol. The van der Waals surface area contributed by atoms with Gasteiger partial charge in [0.25, 0.3) is 12.3 Å². The Balaban J connectivity index is 1.67. The molecule has 0 aliphatic carbocycles. The number of amides is 5. The molecule has 1 aromatic carbocycles. The van der Waals surface area contributed by atoms with Crippen LogP contribution in [0, 0.1) is 11.2 Å². The maximum Gasteiger partial charge on any atom is 0.328 e. The zero-order valence-corrected chi connectivity index (χ0v) is 17.6. The molecule has 14 heteroatoms. The van der Waals surface area contributed by atoms with Crippen molar-refractivity contribution in [3.63, 3.8) is 0 Å². The number of imide groups is 2. The summed E-state index contributed by atoms with van der Waals surface area (Å²) in [6.07, 6.45) is -3.50. The van der Waals surface area contributed by atoms with Gasteiger partial charge in [0.2, 0.25) is 17.4 Å². The lowest BCUT2D eigenvalue weighted by molar-refractivity contribution is -0.149. The van der Waals surface area contributed by atoms with Crippen LogP contribution in [0.4, 0.5) is 23.7 Å². The number of hydrogen-bond acceptors (Lipinski definition) is 8. The van der Waals surface area contributed by atoms with E-state index in [-0.39, 0.29) is 47.9 Å². The van der Waals surface area contributed by atoms with Crippen molar-refractivity contribution < 1.29 is 41.6 Å². The van der Waals surface area contributed by atoms with E-state index in [1.165, 1.54) is 11.0 Å². The van der Waals surface area contributed by atoms with E-state index in [0.717, 1.165) is 0 Å². The van der Waals surface area contributed by atoms with Gasteiger partial charge in [0.1, 0.15) is 0 Å². The molecule has 1 aromatic heterocycles. The van der Waals surface area contributed by atoms with Gasteiger partial charge in [0, 0.05) is 13.0 Å². The maximum absolute atomic E-state index is 15.7. The molecule has 2 saturated heterocycles. The van der Waals surface area contributed by atoms with Gasteiger partial charge in [-0.3, -0.25) is 25.0 Å². The van der Waals surface area contributed by atoms with Crippen molar-refractivity contribution in [3.8, 4) is 0 Å². The van der Waals surface area contributed by atoms with E-state index >= 15 is 4.39 Å².